The van der Waals surface area contributed by atoms with Gasteiger partial charge in [0.1, 0.15) is 18.4 Å². The molecule has 0 aliphatic rings. The molecule has 0 saturated heterocycles. The van der Waals surface area contributed by atoms with Crippen molar-refractivity contribution in [3.05, 3.63) is 0 Å². The molecule has 0 fully saturated rings. The highest BCUT2D eigenvalue weighted by atomic mass is 16.7. The molecule has 0 spiro atoms. The molecule has 0 rings (SSSR count). The Hall–Kier alpha value is -1.10. The number of methoxy groups -OCH3 is 3. The van der Waals surface area contributed by atoms with Gasteiger partial charge in [-0.05, 0) is 55.0 Å². The summed E-state index contributed by atoms with van der Waals surface area (Å²) in [5.74, 6) is -0.125. The predicted octanol–water partition coefficient (Wildman–Crippen LogP) is -0.358. The number of carbonyl (C=O) groups excluding carboxylic acids is 2. The van der Waals surface area contributed by atoms with Crippen molar-refractivity contribution in [1.29, 1.82) is 0 Å². The molecule has 0 aliphatic heterocycles. The van der Waals surface area contributed by atoms with Crippen LogP contribution in [0.25, 0.3) is 0 Å². The van der Waals surface area contributed by atoms with Crippen LogP contribution >= 0.6 is 0 Å². The van der Waals surface area contributed by atoms with Crippen LogP contribution < -0.4 is 31.9 Å². The lowest BCUT2D eigenvalue weighted by molar-refractivity contribution is -0.124. The molecule has 0 aromatic rings. The zero-order chi connectivity index (χ0) is 28.0. The van der Waals surface area contributed by atoms with E-state index in [1.807, 2.05) is 28.2 Å². The van der Waals surface area contributed by atoms with E-state index in [0.717, 1.165) is 6.54 Å². The number of carbonyl (C=O) groups is 2. The van der Waals surface area contributed by atoms with Crippen LogP contribution in [0.3, 0.4) is 0 Å². The molecule has 0 aliphatic carbocycles. The Labute approximate surface area is 214 Å². The second-order valence-electron chi connectivity index (χ2n) is 6.54. The van der Waals surface area contributed by atoms with E-state index in [1.54, 1.807) is 21.3 Å². The molecule has 0 saturated carbocycles. The first-order chi connectivity index (χ1) is 16.8. The van der Waals surface area contributed by atoms with Crippen LogP contribution in [-0.4, -0.2) is 115 Å². The number of hydrogen-bond acceptors (Lipinski definition) is 13. The fraction of sp³-hybridized carbons (Fsp3) is 0.909. The van der Waals surface area contributed by atoms with E-state index >= 15 is 0 Å². The van der Waals surface area contributed by atoms with Gasteiger partial charge in [0.05, 0.1) is 40.1 Å². The monoisotopic (exact) mass is 516 g/mol. The third-order valence-electron chi connectivity index (χ3n) is 2.69. The van der Waals surface area contributed by atoms with Gasteiger partial charge in [-0.15, -0.1) is 0 Å². The molecule has 0 atom stereocenters. The van der Waals surface area contributed by atoms with E-state index < -0.39 is 0 Å². The van der Waals surface area contributed by atoms with Crippen molar-refractivity contribution < 1.29 is 33.3 Å². The van der Waals surface area contributed by atoms with Crippen LogP contribution in [0.5, 0.6) is 0 Å². The van der Waals surface area contributed by atoms with Crippen LogP contribution in [0, 0.1) is 0 Å². The minimum atomic E-state index is -0.0625. The quantitative estimate of drug-likeness (QED) is 0.0799. The predicted molar refractivity (Wildman–Crippen MR) is 141 cm³/mol. The van der Waals surface area contributed by atoms with E-state index in [1.165, 1.54) is 20.3 Å². The van der Waals surface area contributed by atoms with Crippen molar-refractivity contribution in [3.63, 3.8) is 0 Å². The highest BCUT2D eigenvalue weighted by molar-refractivity contribution is 5.96. The lowest BCUT2D eigenvalue weighted by Gasteiger charge is -2.03. The number of rotatable bonds is 18. The van der Waals surface area contributed by atoms with E-state index in [-0.39, 0.29) is 18.0 Å². The molecular formula is C22H56N6O7. The fourth-order valence-electron chi connectivity index (χ4n) is 1.49. The molecule has 0 radical (unpaired) electrons. The molecule has 35 heavy (non-hydrogen) atoms. The van der Waals surface area contributed by atoms with Gasteiger partial charge in [0, 0.05) is 28.0 Å². The minimum absolute atomic E-state index is 0.0625. The van der Waals surface area contributed by atoms with Gasteiger partial charge in [0.2, 0.25) is 0 Å². The summed E-state index contributed by atoms with van der Waals surface area (Å²) in [4.78, 5) is 20.1. The zero-order valence-electron chi connectivity index (χ0n) is 23.9. The Kier molecular flexibility index (Phi) is 62.6. The first kappa shape index (κ1) is 43.9. The molecule has 6 N–H and O–H groups in total. The molecule has 0 bridgehead atoms. The van der Waals surface area contributed by atoms with Gasteiger partial charge in [0.25, 0.3) is 0 Å². The lowest BCUT2D eigenvalue weighted by Crippen LogP contribution is -2.31. The van der Waals surface area contributed by atoms with Gasteiger partial charge in [0.15, 0.2) is 0 Å². The molecule has 0 aromatic heterocycles. The highest BCUT2D eigenvalue weighted by Gasteiger charge is 1.94. The molecule has 0 aromatic carbocycles. The third kappa shape index (κ3) is 87.9. The van der Waals surface area contributed by atoms with Crippen LogP contribution in [0.2, 0.25) is 0 Å². The SMILES string of the molecule is CC(=O)CC(C)=O.CCCNC.CNCOC.CNCOCOCNC.COCNCNCOC. The summed E-state index contributed by atoms with van der Waals surface area (Å²) in [6.07, 6.45) is 1.32. The van der Waals surface area contributed by atoms with Crippen molar-refractivity contribution in [3.8, 4) is 0 Å². The van der Waals surface area contributed by atoms with Gasteiger partial charge in [-0.1, -0.05) is 6.92 Å². The maximum atomic E-state index is 10.0. The minimum Gasteiger partial charge on any atom is -0.370 e. The summed E-state index contributed by atoms with van der Waals surface area (Å²) in [6, 6.07) is 0. The van der Waals surface area contributed by atoms with Crippen molar-refractivity contribution in [2.45, 2.75) is 33.6 Å². The van der Waals surface area contributed by atoms with Crippen molar-refractivity contribution in [2.75, 3.05) is 103 Å². The van der Waals surface area contributed by atoms with E-state index in [2.05, 4.69) is 43.6 Å². The standard InChI is InChI=1S/2C5H14N2O2.C5H8O2.C4H11N.C3H9NO/c1-8-4-6-3-7-5-9-2;1-6-3-8-5-9-4-7-2;1-4(6)3-5(2)7;1-3-4-5-2;1-4-3-5-2/h2*6-7H,3-5H2,1-2H3;3H2,1-2H3;5H,3-4H2,1-2H3;4H,3H2,1-2H3. The largest absolute Gasteiger partial charge is 0.370 e. The number of Topliss-reactive ketones (excluding diaryl/α,β-unsaturated/α-hetero) is 2. The first-order valence-electron chi connectivity index (χ1n) is 11.4. The molecular weight excluding hydrogens is 460 g/mol. The number of ether oxygens (including phenoxy) is 5. The summed E-state index contributed by atoms with van der Waals surface area (Å²) in [7, 11) is 12.4. The smallest absolute Gasteiger partial charge is 0.150 e. The van der Waals surface area contributed by atoms with Gasteiger partial charge < -0.3 is 29.0 Å². The summed E-state index contributed by atoms with van der Waals surface area (Å²) in [6.45, 7) is 9.98. The first-order valence-corrected chi connectivity index (χ1v) is 11.4. The highest BCUT2D eigenvalue weighted by Crippen LogP contribution is 1.80. The Morgan fingerprint density at radius 3 is 1.20 bits per heavy atom. The zero-order valence-corrected chi connectivity index (χ0v) is 23.9. The molecule has 0 heterocycles. The van der Waals surface area contributed by atoms with Crippen LogP contribution in [-0.2, 0) is 33.3 Å². The average Bonchev–Trinajstić information content (AvgIpc) is 2.81. The maximum Gasteiger partial charge on any atom is 0.150 e. The van der Waals surface area contributed by atoms with Gasteiger partial charge >= 0.3 is 0 Å². The molecule has 13 nitrogen and oxygen atoms in total. The summed E-state index contributed by atoms with van der Waals surface area (Å²) in [5, 5.41) is 17.4. The van der Waals surface area contributed by atoms with Gasteiger partial charge in [-0.3, -0.25) is 36.2 Å². The number of ketones is 2. The van der Waals surface area contributed by atoms with Crippen molar-refractivity contribution in [2.24, 2.45) is 0 Å². The molecule has 0 amide bonds. The summed E-state index contributed by atoms with van der Waals surface area (Å²) < 4.78 is 23.9. The molecule has 13 heteroatoms. The third-order valence-corrected chi connectivity index (χ3v) is 2.69. The molecule has 216 valence electrons. The Morgan fingerprint density at radius 2 is 1.03 bits per heavy atom. The van der Waals surface area contributed by atoms with Gasteiger partial charge in [-0.2, -0.15) is 0 Å². The fourth-order valence-corrected chi connectivity index (χ4v) is 1.49. The second-order valence-corrected chi connectivity index (χ2v) is 6.54. The molecule has 0 unspecified atom stereocenters. The topological polar surface area (TPSA) is 152 Å². The Balaban J connectivity index is -0.000000110. The Morgan fingerprint density at radius 1 is 0.629 bits per heavy atom. The van der Waals surface area contributed by atoms with Crippen LogP contribution in [0.1, 0.15) is 33.6 Å². The van der Waals surface area contributed by atoms with E-state index in [4.69, 9.17) is 18.9 Å². The van der Waals surface area contributed by atoms with Crippen LogP contribution in [0.15, 0.2) is 0 Å². The van der Waals surface area contributed by atoms with Crippen molar-refractivity contribution >= 4 is 11.6 Å². The average molecular weight is 517 g/mol. The number of nitrogens with one attached hydrogen (secondary N) is 6. The number of hydrogen-bond donors (Lipinski definition) is 6. The van der Waals surface area contributed by atoms with E-state index in [0.29, 0.717) is 47.1 Å². The maximum absolute atomic E-state index is 10.0. The normalized spacial score (nSPS) is 9.20. The summed E-state index contributed by atoms with van der Waals surface area (Å²) in [5.41, 5.74) is 0. The lowest BCUT2D eigenvalue weighted by atomic mass is 10.2. The van der Waals surface area contributed by atoms with E-state index in [9.17, 15) is 9.59 Å². The second kappa shape index (κ2) is 49.9. The van der Waals surface area contributed by atoms with Crippen LogP contribution in [0.4, 0.5) is 0 Å². The summed E-state index contributed by atoms with van der Waals surface area (Å²) >= 11 is 0. The van der Waals surface area contributed by atoms with Gasteiger partial charge in [-0.25, -0.2) is 0 Å². The Bertz CT molecular complexity index is 323. The van der Waals surface area contributed by atoms with Crippen molar-refractivity contribution in [1.82, 2.24) is 31.9 Å².